The molecule has 0 saturated carbocycles. The fraction of sp³-hybridized carbons (Fsp3) is 0.368. The highest BCUT2D eigenvalue weighted by Gasteiger charge is 2.20. The van der Waals surface area contributed by atoms with Gasteiger partial charge in [-0.2, -0.15) is 0 Å². The maximum atomic E-state index is 12.8. The minimum Gasteiger partial charge on any atom is -0.550 e. The van der Waals surface area contributed by atoms with Crippen molar-refractivity contribution < 1.29 is 19.5 Å². The lowest BCUT2D eigenvalue weighted by Crippen LogP contribution is -2.40. The predicted molar refractivity (Wildman–Crippen MR) is 101 cm³/mol. The Labute approximate surface area is 162 Å². The smallest absolute Gasteiger partial charge is 0.254 e. The lowest BCUT2D eigenvalue weighted by molar-refractivity contribution is -0.304. The van der Waals surface area contributed by atoms with Crippen molar-refractivity contribution in [3.8, 4) is 0 Å². The van der Waals surface area contributed by atoms with Crippen molar-refractivity contribution in [1.82, 2.24) is 9.88 Å². The number of aryl methyl sites for hydroxylation is 1. The summed E-state index contributed by atoms with van der Waals surface area (Å²) in [6.07, 6.45) is -0.308. The summed E-state index contributed by atoms with van der Waals surface area (Å²) in [5.74, 6) is -1.63. The van der Waals surface area contributed by atoms with Gasteiger partial charge in [-0.3, -0.25) is 9.59 Å². The van der Waals surface area contributed by atoms with Crippen molar-refractivity contribution in [3.05, 3.63) is 46.5 Å². The summed E-state index contributed by atoms with van der Waals surface area (Å²) in [7, 11) is 0. The molecule has 0 spiro atoms. The molecule has 8 heteroatoms. The van der Waals surface area contributed by atoms with Crippen LogP contribution in [0, 0.1) is 12.8 Å². The Kier molecular flexibility index (Phi) is 7.06. The summed E-state index contributed by atoms with van der Waals surface area (Å²) < 4.78 is 0. The molecule has 1 heterocycles. The largest absolute Gasteiger partial charge is 0.550 e. The van der Waals surface area contributed by atoms with Crippen LogP contribution in [0.25, 0.3) is 0 Å². The molecule has 2 rings (SSSR count). The van der Waals surface area contributed by atoms with Crippen LogP contribution in [0.15, 0.2) is 29.6 Å². The highest BCUT2D eigenvalue weighted by Crippen LogP contribution is 2.16. The van der Waals surface area contributed by atoms with Crippen LogP contribution in [-0.2, 0) is 16.0 Å². The van der Waals surface area contributed by atoms with Gasteiger partial charge in [0.25, 0.3) is 5.91 Å². The summed E-state index contributed by atoms with van der Waals surface area (Å²) in [5, 5.41) is 15.1. The standard InChI is InChI=1S/C19H23N3O4S/c1-12(2)9-22(18(26)14-6-4-13(3)5-7-14)10-16(23)21-19-20-15(11-27-19)8-17(24)25/h4-7,11-12H,8-10H2,1-3H3,(H,24,25)(H,20,21,23)/p-1. The van der Waals surface area contributed by atoms with Crippen molar-refractivity contribution in [3.63, 3.8) is 0 Å². The second kappa shape index (κ2) is 9.27. The van der Waals surface area contributed by atoms with Crippen LogP contribution in [0.5, 0.6) is 0 Å². The first kappa shape index (κ1) is 20.6. The van der Waals surface area contributed by atoms with Crippen LogP contribution < -0.4 is 10.4 Å². The first-order chi connectivity index (χ1) is 12.7. The van der Waals surface area contributed by atoms with Gasteiger partial charge < -0.3 is 20.1 Å². The van der Waals surface area contributed by atoms with Crippen LogP contribution in [0.2, 0.25) is 0 Å². The molecule has 0 unspecified atom stereocenters. The number of hydrogen-bond donors (Lipinski definition) is 1. The van der Waals surface area contributed by atoms with Gasteiger partial charge in [-0.25, -0.2) is 4.98 Å². The molecule has 0 aliphatic heterocycles. The molecule has 0 fully saturated rings. The number of nitrogens with zero attached hydrogens (tertiary/aromatic N) is 2. The van der Waals surface area contributed by atoms with E-state index in [4.69, 9.17) is 0 Å². The van der Waals surface area contributed by atoms with Crippen LogP contribution in [0.4, 0.5) is 5.13 Å². The number of thiazole rings is 1. The zero-order valence-corrected chi connectivity index (χ0v) is 16.3. The fourth-order valence-electron chi connectivity index (χ4n) is 2.46. The van der Waals surface area contributed by atoms with E-state index in [2.05, 4.69) is 10.3 Å². The molecule has 1 N–H and O–H groups in total. The van der Waals surface area contributed by atoms with Crippen LogP contribution in [0.1, 0.15) is 35.5 Å². The molecule has 7 nitrogen and oxygen atoms in total. The van der Waals surface area contributed by atoms with Gasteiger partial charge in [-0.1, -0.05) is 31.5 Å². The van der Waals surface area contributed by atoms with Gasteiger partial charge in [0.15, 0.2) is 5.13 Å². The number of aromatic nitrogens is 1. The Balaban J connectivity index is 2.05. The predicted octanol–water partition coefficient (Wildman–Crippen LogP) is 1.48. The normalized spacial score (nSPS) is 10.7. The Morgan fingerprint density at radius 1 is 1.22 bits per heavy atom. The van der Waals surface area contributed by atoms with Gasteiger partial charge in [-0.15, -0.1) is 11.3 Å². The van der Waals surface area contributed by atoms with Crippen molar-refractivity contribution in [2.24, 2.45) is 5.92 Å². The van der Waals surface area contributed by atoms with Crippen molar-refractivity contribution in [1.29, 1.82) is 0 Å². The lowest BCUT2D eigenvalue weighted by Gasteiger charge is -2.24. The fourth-order valence-corrected chi connectivity index (χ4v) is 3.19. The van der Waals surface area contributed by atoms with Crippen molar-refractivity contribution in [2.45, 2.75) is 27.2 Å². The third-order valence-corrected chi connectivity index (χ3v) is 4.44. The summed E-state index contributed by atoms with van der Waals surface area (Å²) in [6, 6.07) is 7.20. The van der Waals surface area contributed by atoms with Crippen LogP contribution >= 0.6 is 11.3 Å². The number of carboxylic acid groups (broad SMARTS) is 1. The Hall–Kier alpha value is -2.74. The molecule has 27 heavy (non-hydrogen) atoms. The molecule has 2 aromatic rings. The van der Waals surface area contributed by atoms with Crippen LogP contribution in [0.3, 0.4) is 0 Å². The number of hydrogen-bond acceptors (Lipinski definition) is 6. The summed E-state index contributed by atoms with van der Waals surface area (Å²) in [5.41, 5.74) is 1.90. The van der Waals surface area contributed by atoms with E-state index in [1.165, 1.54) is 4.90 Å². The maximum Gasteiger partial charge on any atom is 0.254 e. The second-order valence-corrected chi connectivity index (χ2v) is 7.54. The van der Waals surface area contributed by atoms with Gasteiger partial charge in [0.05, 0.1) is 5.69 Å². The molecular weight excluding hydrogens is 366 g/mol. The zero-order chi connectivity index (χ0) is 20.0. The summed E-state index contributed by atoms with van der Waals surface area (Å²) >= 11 is 1.13. The lowest BCUT2D eigenvalue weighted by atomic mass is 10.1. The maximum absolute atomic E-state index is 12.8. The molecule has 0 aliphatic carbocycles. The van der Waals surface area contributed by atoms with E-state index in [1.54, 1.807) is 17.5 Å². The third-order valence-electron chi connectivity index (χ3n) is 3.63. The average molecular weight is 388 g/mol. The number of anilines is 1. The number of carbonyl (C=O) groups is 3. The van der Waals surface area contributed by atoms with Gasteiger partial charge in [0.1, 0.15) is 6.54 Å². The topological polar surface area (TPSA) is 102 Å². The van der Waals surface area contributed by atoms with Crippen LogP contribution in [-0.4, -0.2) is 40.8 Å². The number of rotatable bonds is 8. The van der Waals surface area contributed by atoms with E-state index >= 15 is 0 Å². The van der Waals surface area contributed by atoms with Gasteiger partial charge in [0.2, 0.25) is 5.91 Å². The van der Waals surface area contributed by atoms with E-state index in [-0.39, 0.29) is 30.7 Å². The zero-order valence-electron chi connectivity index (χ0n) is 15.5. The molecule has 2 amide bonds. The number of nitrogens with one attached hydrogen (secondary N) is 1. The highest BCUT2D eigenvalue weighted by molar-refractivity contribution is 7.13. The number of aliphatic carboxylic acids is 1. The van der Waals surface area contributed by atoms with E-state index < -0.39 is 5.97 Å². The van der Waals surface area contributed by atoms with E-state index in [9.17, 15) is 19.5 Å². The van der Waals surface area contributed by atoms with Crippen molar-refractivity contribution in [2.75, 3.05) is 18.4 Å². The molecule has 0 aliphatic rings. The molecule has 0 atom stereocenters. The van der Waals surface area contributed by atoms with Gasteiger partial charge in [-0.05, 0) is 25.0 Å². The Morgan fingerprint density at radius 3 is 2.48 bits per heavy atom. The molecule has 144 valence electrons. The number of benzene rings is 1. The number of carbonyl (C=O) groups excluding carboxylic acids is 3. The molecule has 0 bridgehead atoms. The minimum absolute atomic E-state index is 0.111. The molecular formula is C19H22N3O4S-. The van der Waals surface area contributed by atoms with Gasteiger partial charge >= 0.3 is 0 Å². The Bertz CT molecular complexity index is 815. The first-order valence-electron chi connectivity index (χ1n) is 8.54. The molecule has 1 aromatic heterocycles. The SMILES string of the molecule is Cc1ccc(C(=O)N(CC(=O)Nc2nc(CC(=O)[O-])cs2)CC(C)C)cc1. The van der Waals surface area contributed by atoms with Crippen molar-refractivity contribution >= 4 is 34.3 Å². The molecule has 0 radical (unpaired) electrons. The number of amides is 2. The average Bonchev–Trinajstić information content (AvgIpc) is 2.99. The second-order valence-electron chi connectivity index (χ2n) is 6.69. The number of carboxylic acids is 1. The monoisotopic (exact) mass is 388 g/mol. The van der Waals surface area contributed by atoms with E-state index in [1.807, 2.05) is 32.9 Å². The third kappa shape index (κ3) is 6.49. The van der Waals surface area contributed by atoms with Gasteiger partial charge in [0, 0.05) is 29.9 Å². The quantitative estimate of drug-likeness (QED) is 0.738. The van der Waals surface area contributed by atoms with E-state index in [0.29, 0.717) is 22.9 Å². The summed E-state index contributed by atoms with van der Waals surface area (Å²) in [6.45, 7) is 6.21. The highest BCUT2D eigenvalue weighted by atomic mass is 32.1. The Morgan fingerprint density at radius 2 is 1.89 bits per heavy atom. The minimum atomic E-state index is -1.23. The molecule has 0 saturated heterocycles. The summed E-state index contributed by atoms with van der Waals surface area (Å²) in [4.78, 5) is 41.3. The van der Waals surface area contributed by atoms with E-state index in [0.717, 1.165) is 16.9 Å². The first-order valence-corrected chi connectivity index (χ1v) is 9.42. The molecule has 1 aromatic carbocycles.